The Morgan fingerprint density at radius 1 is 0.875 bits per heavy atom. The van der Waals surface area contributed by atoms with Crippen LogP contribution < -0.4 is 9.62 Å². The van der Waals surface area contributed by atoms with Crippen molar-refractivity contribution in [2.45, 2.75) is 71.5 Å². The minimum Gasteiger partial charge on any atom is -0.352 e. The highest BCUT2D eigenvalue weighted by atomic mass is 32.2. The van der Waals surface area contributed by atoms with Crippen molar-refractivity contribution >= 4 is 27.5 Å². The Morgan fingerprint density at radius 3 is 1.98 bits per heavy atom. The maximum Gasteiger partial charge on any atom is 0.264 e. The van der Waals surface area contributed by atoms with Gasteiger partial charge in [0.1, 0.15) is 18.4 Å². The number of rotatable bonds is 11. The molecule has 0 bridgehead atoms. The van der Waals surface area contributed by atoms with Gasteiger partial charge in [0.15, 0.2) is 0 Å². The van der Waals surface area contributed by atoms with Gasteiger partial charge in [-0.1, -0.05) is 42.8 Å². The summed E-state index contributed by atoms with van der Waals surface area (Å²) in [5.74, 6) is -1.31. The number of hydrogen-bond acceptors (Lipinski definition) is 4. The van der Waals surface area contributed by atoms with Gasteiger partial charge >= 0.3 is 0 Å². The van der Waals surface area contributed by atoms with Crippen LogP contribution in [0, 0.1) is 26.6 Å². The van der Waals surface area contributed by atoms with E-state index in [0.29, 0.717) is 17.7 Å². The van der Waals surface area contributed by atoms with Crippen LogP contribution in [0.2, 0.25) is 0 Å². The smallest absolute Gasteiger partial charge is 0.264 e. The lowest BCUT2D eigenvalue weighted by Crippen LogP contribution is -2.53. The molecule has 0 heterocycles. The molecule has 3 aromatic rings. The van der Waals surface area contributed by atoms with Gasteiger partial charge in [0.25, 0.3) is 10.0 Å². The topological polar surface area (TPSA) is 86.8 Å². The first-order chi connectivity index (χ1) is 18.8. The molecule has 40 heavy (non-hydrogen) atoms. The Bertz CT molecular complexity index is 1420. The third kappa shape index (κ3) is 7.69. The minimum absolute atomic E-state index is 0.00833. The minimum atomic E-state index is -4.15. The number of carbonyl (C=O) groups is 2. The highest BCUT2D eigenvalue weighted by Crippen LogP contribution is 2.27. The van der Waals surface area contributed by atoms with Crippen LogP contribution in [-0.4, -0.2) is 43.8 Å². The zero-order chi connectivity index (χ0) is 29.6. The van der Waals surface area contributed by atoms with Gasteiger partial charge in [-0.15, -0.1) is 0 Å². The Kier molecular flexibility index (Phi) is 10.1. The van der Waals surface area contributed by atoms with Crippen LogP contribution >= 0.6 is 0 Å². The van der Waals surface area contributed by atoms with Crippen molar-refractivity contribution in [2.75, 3.05) is 10.8 Å². The largest absolute Gasteiger partial charge is 0.352 e. The summed E-state index contributed by atoms with van der Waals surface area (Å²) in [7, 11) is -4.15. The molecule has 0 unspecified atom stereocenters. The van der Waals surface area contributed by atoms with E-state index < -0.39 is 34.3 Å². The number of halogens is 1. The fourth-order valence-corrected chi connectivity index (χ4v) is 5.95. The van der Waals surface area contributed by atoms with Crippen LogP contribution in [0.5, 0.6) is 0 Å². The first-order valence-electron chi connectivity index (χ1n) is 13.3. The second-order valence-corrected chi connectivity index (χ2v) is 12.3. The Labute approximate surface area is 237 Å². The lowest BCUT2D eigenvalue weighted by molar-refractivity contribution is -0.140. The number of carbonyl (C=O) groups excluding carboxylic acids is 2. The highest BCUT2D eigenvalue weighted by molar-refractivity contribution is 7.92. The second-order valence-electron chi connectivity index (χ2n) is 10.4. The van der Waals surface area contributed by atoms with Crippen molar-refractivity contribution in [3.63, 3.8) is 0 Å². The number of amides is 2. The summed E-state index contributed by atoms with van der Waals surface area (Å²) in [5, 5.41) is 2.86. The number of aryl methyl sites for hydroxylation is 3. The predicted molar refractivity (Wildman–Crippen MR) is 156 cm³/mol. The maximum atomic E-state index is 14.1. The van der Waals surface area contributed by atoms with Crippen molar-refractivity contribution in [1.29, 1.82) is 0 Å². The number of hydrogen-bond donors (Lipinski definition) is 1. The van der Waals surface area contributed by atoms with Crippen molar-refractivity contribution in [3.8, 4) is 0 Å². The van der Waals surface area contributed by atoms with Crippen molar-refractivity contribution < 1.29 is 22.4 Å². The quantitative estimate of drug-likeness (QED) is 0.342. The van der Waals surface area contributed by atoms with E-state index in [-0.39, 0.29) is 23.4 Å². The molecule has 0 radical (unpaired) electrons. The van der Waals surface area contributed by atoms with Crippen LogP contribution in [-0.2, 0) is 26.2 Å². The fourth-order valence-electron chi connectivity index (χ4n) is 4.55. The summed E-state index contributed by atoms with van der Waals surface area (Å²) in [6.45, 7) is 10.5. The van der Waals surface area contributed by atoms with Crippen molar-refractivity contribution in [1.82, 2.24) is 10.2 Å². The molecular weight excluding hydrogens is 529 g/mol. The molecule has 0 aliphatic rings. The van der Waals surface area contributed by atoms with Gasteiger partial charge in [0, 0.05) is 12.6 Å². The Hall–Kier alpha value is -3.72. The van der Waals surface area contributed by atoms with Crippen LogP contribution in [0.15, 0.2) is 71.6 Å². The summed E-state index contributed by atoms with van der Waals surface area (Å²) in [6, 6.07) is 16.5. The van der Waals surface area contributed by atoms with E-state index in [1.807, 2.05) is 40.7 Å². The molecule has 0 saturated carbocycles. The van der Waals surface area contributed by atoms with E-state index in [2.05, 4.69) is 5.32 Å². The van der Waals surface area contributed by atoms with Crippen molar-refractivity contribution in [3.05, 3.63) is 94.8 Å². The molecule has 0 fully saturated rings. The molecule has 0 saturated heterocycles. The first kappa shape index (κ1) is 30.8. The number of sulfonamides is 1. The SMILES string of the molecule is CC[C@H](C(=O)NC(C)C)N(Cc1ccc(F)cc1)C(=O)CN(c1cc(C)cc(C)c1)S(=O)(=O)c1ccc(C)cc1. The predicted octanol–water partition coefficient (Wildman–Crippen LogP) is 5.28. The van der Waals surface area contributed by atoms with E-state index in [1.54, 1.807) is 43.3 Å². The fraction of sp³-hybridized carbons (Fsp3) is 0.355. The average molecular weight is 568 g/mol. The number of benzene rings is 3. The van der Waals surface area contributed by atoms with Crippen LogP contribution in [0.25, 0.3) is 0 Å². The molecule has 7 nitrogen and oxygen atoms in total. The number of nitrogens with one attached hydrogen (secondary N) is 1. The zero-order valence-electron chi connectivity index (χ0n) is 23.9. The molecule has 1 N–H and O–H groups in total. The van der Waals surface area contributed by atoms with Gasteiger partial charge in [-0.2, -0.15) is 0 Å². The number of anilines is 1. The molecule has 2 amide bonds. The molecule has 1 atom stereocenters. The zero-order valence-corrected chi connectivity index (χ0v) is 24.8. The first-order valence-corrected chi connectivity index (χ1v) is 14.8. The van der Waals surface area contributed by atoms with Gasteiger partial charge in [0.2, 0.25) is 11.8 Å². The molecule has 214 valence electrons. The van der Waals surface area contributed by atoms with Gasteiger partial charge < -0.3 is 10.2 Å². The van der Waals surface area contributed by atoms with E-state index in [0.717, 1.165) is 21.0 Å². The molecular formula is C31H38FN3O4S. The summed E-state index contributed by atoms with van der Waals surface area (Å²) in [6.07, 6.45) is 0.305. The Balaban J connectivity index is 2.09. The molecule has 9 heteroatoms. The molecule has 3 aromatic carbocycles. The van der Waals surface area contributed by atoms with Gasteiger partial charge in [-0.3, -0.25) is 13.9 Å². The third-order valence-electron chi connectivity index (χ3n) is 6.47. The second kappa shape index (κ2) is 13.1. The van der Waals surface area contributed by atoms with E-state index >= 15 is 0 Å². The monoisotopic (exact) mass is 567 g/mol. The molecule has 3 rings (SSSR count). The molecule has 0 aromatic heterocycles. The summed E-state index contributed by atoms with van der Waals surface area (Å²) < 4.78 is 42.7. The van der Waals surface area contributed by atoms with Gasteiger partial charge in [-0.05, 0) is 94.1 Å². The highest BCUT2D eigenvalue weighted by Gasteiger charge is 2.34. The van der Waals surface area contributed by atoms with Crippen LogP contribution in [0.3, 0.4) is 0 Å². The van der Waals surface area contributed by atoms with Gasteiger partial charge in [0.05, 0.1) is 10.6 Å². The van der Waals surface area contributed by atoms with E-state index in [4.69, 9.17) is 0 Å². The molecule has 0 aliphatic heterocycles. The lowest BCUT2D eigenvalue weighted by atomic mass is 10.1. The van der Waals surface area contributed by atoms with E-state index in [9.17, 15) is 22.4 Å². The Morgan fingerprint density at radius 2 is 1.45 bits per heavy atom. The van der Waals surface area contributed by atoms with Crippen LogP contribution in [0.1, 0.15) is 49.4 Å². The summed E-state index contributed by atoms with van der Waals surface area (Å²) in [5.41, 5.74) is 3.56. The number of nitrogens with zero attached hydrogens (tertiary/aromatic N) is 2. The normalized spacial score (nSPS) is 12.2. The third-order valence-corrected chi connectivity index (χ3v) is 8.25. The van der Waals surface area contributed by atoms with Crippen LogP contribution in [0.4, 0.5) is 10.1 Å². The molecule has 0 aliphatic carbocycles. The average Bonchev–Trinajstić information content (AvgIpc) is 2.87. The summed E-state index contributed by atoms with van der Waals surface area (Å²) in [4.78, 5) is 28.7. The molecule has 0 spiro atoms. The van der Waals surface area contributed by atoms with Gasteiger partial charge in [-0.25, -0.2) is 12.8 Å². The summed E-state index contributed by atoms with van der Waals surface area (Å²) >= 11 is 0. The van der Waals surface area contributed by atoms with Crippen molar-refractivity contribution in [2.24, 2.45) is 0 Å². The maximum absolute atomic E-state index is 14.1. The lowest BCUT2D eigenvalue weighted by Gasteiger charge is -2.33. The van der Waals surface area contributed by atoms with E-state index in [1.165, 1.54) is 29.2 Å². The standard InChI is InChI=1S/C31H38FN3O4S/c1-7-29(31(37)33-21(2)3)34(19-25-10-12-26(32)13-11-25)30(36)20-35(27-17-23(5)16-24(6)18-27)40(38,39)28-14-8-22(4)9-15-28/h8-18,21,29H,7,19-20H2,1-6H3,(H,33,37)/t29-/m1/s1.